The summed E-state index contributed by atoms with van der Waals surface area (Å²) in [4.78, 5) is 9.88. The average molecular weight is 233 g/mol. The SMILES string of the molecule is CCC(CC)[C@@H](C)CCCC[S@+]([O-])N=O. The lowest BCUT2D eigenvalue weighted by atomic mass is 9.86. The van der Waals surface area contributed by atoms with E-state index >= 15 is 0 Å². The van der Waals surface area contributed by atoms with Gasteiger partial charge in [-0.3, -0.25) is 0 Å². The van der Waals surface area contributed by atoms with Crippen LogP contribution in [0.25, 0.3) is 0 Å². The fourth-order valence-electron chi connectivity index (χ4n) is 2.06. The van der Waals surface area contributed by atoms with Crippen molar-refractivity contribution in [3.63, 3.8) is 0 Å². The van der Waals surface area contributed by atoms with Crippen LogP contribution in [0.3, 0.4) is 0 Å². The largest absolute Gasteiger partial charge is 0.589 e. The maximum atomic E-state index is 10.7. The molecule has 0 bridgehead atoms. The van der Waals surface area contributed by atoms with Gasteiger partial charge in [-0.25, -0.2) is 0 Å². The van der Waals surface area contributed by atoms with Crippen molar-refractivity contribution in [2.24, 2.45) is 16.4 Å². The van der Waals surface area contributed by atoms with Gasteiger partial charge in [-0.1, -0.05) is 44.9 Å². The molecule has 0 N–H and O–H groups in total. The lowest BCUT2D eigenvalue weighted by Gasteiger charge is -2.20. The highest BCUT2D eigenvalue weighted by Gasteiger charge is 2.13. The highest BCUT2D eigenvalue weighted by Crippen LogP contribution is 2.23. The monoisotopic (exact) mass is 233 g/mol. The lowest BCUT2D eigenvalue weighted by molar-refractivity contribution is 0.312. The zero-order chi connectivity index (χ0) is 11.7. The highest BCUT2D eigenvalue weighted by molar-refractivity contribution is 7.89. The van der Waals surface area contributed by atoms with Crippen molar-refractivity contribution in [3.05, 3.63) is 4.91 Å². The van der Waals surface area contributed by atoms with Gasteiger partial charge in [0.15, 0.2) is 4.58 Å². The van der Waals surface area contributed by atoms with Gasteiger partial charge in [0.25, 0.3) is 0 Å². The third kappa shape index (κ3) is 6.90. The lowest BCUT2D eigenvalue weighted by Crippen LogP contribution is -2.10. The molecular weight excluding hydrogens is 210 g/mol. The van der Waals surface area contributed by atoms with E-state index in [1.807, 2.05) is 0 Å². The number of rotatable bonds is 9. The van der Waals surface area contributed by atoms with E-state index in [4.69, 9.17) is 0 Å². The van der Waals surface area contributed by atoms with Crippen molar-refractivity contribution in [1.82, 2.24) is 0 Å². The summed E-state index contributed by atoms with van der Waals surface area (Å²) in [5.41, 5.74) is 0. The molecule has 0 aliphatic rings. The Bertz CT molecular complexity index is 163. The van der Waals surface area contributed by atoms with Crippen molar-refractivity contribution in [3.8, 4) is 0 Å². The van der Waals surface area contributed by atoms with Gasteiger partial charge in [0.1, 0.15) is 17.1 Å². The molecule has 90 valence electrons. The van der Waals surface area contributed by atoms with Gasteiger partial charge < -0.3 is 4.55 Å². The first-order valence-electron chi connectivity index (χ1n) is 5.87. The molecule has 15 heavy (non-hydrogen) atoms. The summed E-state index contributed by atoms with van der Waals surface area (Å²) >= 11 is -1.49. The van der Waals surface area contributed by atoms with Crippen molar-refractivity contribution >= 4 is 11.4 Å². The second kappa shape index (κ2) is 9.16. The van der Waals surface area contributed by atoms with E-state index in [1.54, 1.807) is 0 Å². The maximum absolute atomic E-state index is 10.7. The van der Waals surface area contributed by atoms with Crippen LogP contribution in [0.1, 0.15) is 52.9 Å². The summed E-state index contributed by atoms with van der Waals surface area (Å²) in [6, 6.07) is 0. The van der Waals surface area contributed by atoms with Crippen molar-refractivity contribution in [2.45, 2.75) is 52.9 Å². The quantitative estimate of drug-likeness (QED) is 0.347. The van der Waals surface area contributed by atoms with Crippen LogP contribution in [0.4, 0.5) is 0 Å². The first-order chi connectivity index (χ1) is 7.15. The minimum Gasteiger partial charge on any atom is -0.589 e. The molecule has 0 spiro atoms. The Morgan fingerprint density at radius 2 is 1.87 bits per heavy atom. The number of hydrogen-bond acceptors (Lipinski definition) is 3. The minimum atomic E-state index is -1.49. The smallest absolute Gasteiger partial charge is 0.168 e. The molecule has 0 aliphatic carbocycles. The van der Waals surface area contributed by atoms with Gasteiger partial charge in [0.05, 0.1) is 0 Å². The summed E-state index contributed by atoms with van der Waals surface area (Å²) in [6.45, 7) is 6.75. The van der Waals surface area contributed by atoms with E-state index in [9.17, 15) is 9.46 Å². The van der Waals surface area contributed by atoms with Crippen molar-refractivity contribution in [2.75, 3.05) is 5.75 Å². The molecule has 0 radical (unpaired) electrons. The summed E-state index contributed by atoms with van der Waals surface area (Å²) in [5.74, 6) is 1.97. The zero-order valence-electron chi connectivity index (χ0n) is 10.1. The van der Waals surface area contributed by atoms with Gasteiger partial charge in [-0.05, 0) is 24.7 Å². The standard InChI is InChI=1S/C11H23NO2S/c1-4-11(5-2)10(3)8-6-7-9-15(14)12-13/h10-11H,4-9H2,1-3H3/t10-,15-/m0/s1. The van der Waals surface area contributed by atoms with Crippen LogP contribution in [-0.2, 0) is 11.4 Å². The van der Waals surface area contributed by atoms with Gasteiger partial charge in [-0.15, -0.1) is 0 Å². The molecule has 0 fully saturated rings. The fraction of sp³-hybridized carbons (Fsp3) is 1.00. The maximum Gasteiger partial charge on any atom is 0.168 e. The summed E-state index contributed by atoms with van der Waals surface area (Å²) in [5, 5.41) is 0. The second-order valence-electron chi connectivity index (χ2n) is 4.15. The molecule has 0 aromatic carbocycles. The first-order valence-corrected chi connectivity index (χ1v) is 7.15. The summed E-state index contributed by atoms with van der Waals surface area (Å²) in [6.07, 6.45) is 5.54. The molecule has 0 aliphatic heterocycles. The molecular formula is C11H23NO2S. The van der Waals surface area contributed by atoms with E-state index < -0.39 is 11.4 Å². The zero-order valence-corrected chi connectivity index (χ0v) is 10.9. The third-order valence-electron chi connectivity index (χ3n) is 3.17. The molecule has 0 rings (SSSR count). The van der Waals surface area contributed by atoms with Gasteiger partial charge in [0.2, 0.25) is 0 Å². The Balaban J connectivity index is 3.53. The topological polar surface area (TPSA) is 52.5 Å². The normalized spacial score (nSPS) is 15.3. The van der Waals surface area contributed by atoms with E-state index in [0.29, 0.717) is 5.75 Å². The Hall–Kier alpha value is -0.0900. The van der Waals surface area contributed by atoms with Crippen LogP contribution in [0.15, 0.2) is 4.58 Å². The summed E-state index contributed by atoms with van der Waals surface area (Å²) in [7, 11) is 0. The van der Waals surface area contributed by atoms with Crippen LogP contribution in [0, 0.1) is 16.7 Å². The van der Waals surface area contributed by atoms with E-state index in [0.717, 1.165) is 24.7 Å². The Morgan fingerprint density at radius 3 is 2.33 bits per heavy atom. The molecule has 0 saturated heterocycles. The van der Waals surface area contributed by atoms with Crippen LogP contribution in [0.2, 0.25) is 0 Å². The predicted molar refractivity (Wildman–Crippen MR) is 65.9 cm³/mol. The van der Waals surface area contributed by atoms with Crippen LogP contribution in [-0.4, -0.2) is 10.3 Å². The minimum absolute atomic E-state index is 0.430. The molecule has 3 nitrogen and oxygen atoms in total. The average Bonchev–Trinajstić information content (AvgIpc) is 2.25. The van der Waals surface area contributed by atoms with Crippen LogP contribution in [0.5, 0.6) is 0 Å². The van der Waals surface area contributed by atoms with Crippen molar-refractivity contribution < 1.29 is 4.55 Å². The summed E-state index contributed by atoms with van der Waals surface area (Å²) < 4.78 is 13.2. The Morgan fingerprint density at radius 1 is 1.27 bits per heavy atom. The Kier molecular flexibility index (Phi) is 9.10. The molecule has 0 unspecified atom stereocenters. The molecule has 0 saturated carbocycles. The molecule has 0 aromatic rings. The van der Waals surface area contributed by atoms with Crippen LogP contribution >= 0.6 is 0 Å². The van der Waals surface area contributed by atoms with Crippen LogP contribution < -0.4 is 0 Å². The number of unbranched alkanes of at least 4 members (excludes halogenated alkanes) is 1. The van der Waals surface area contributed by atoms with E-state index in [1.165, 1.54) is 19.3 Å². The van der Waals surface area contributed by atoms with E-state index in [2.05, 4.69) is 25.4 Å². The molecule has 4 heteroatoms. The highest BCUT2D eigenvalue weighted by atomic mass is 32.2. The van der Waals surface area contributed by atoms with Crippen molar-refractivity contribution in [1.29, 1.82) is 0 Å². The number of nitroso groups, excluding NO2 is 1. The molecule has 2 atom stereocenters. The fourth-order valence-corrected chi connectivity index (χ4v) is 2.58. The molecule has 0 aromatic heterocycles. The third-order valence-corrected chi connectivity index (χ3v) is 3.97. The van der Waals surface area contributed by atoms with Gasteiger partial charge in [-0.2, -0.15) is 0 Å². The Labute approximate surface area is 96.3 Å². The number of hydrogen-bond donors (Lipinski definition) is 0. The predicted octanol–water partition coefficient (Wildman–Crippen LogP) is 3.66. The van der Waals surface area contributed by atoms with Gasteiger partial charge in [0, 0.05) is 0 Å². The first kappa shape index (κ1) is 14.9. The van der Waals surface area contributed by atoms with E-state index in [-0.39, 0.29) is 0 Å². The number of nitrogens with zero attached hydrogens (tertiary/aromatic N) is 1. The second-order valence-corrected chi connectivity index (χ2v) is 5.35. The molecule has 0 amide bonds. The molecule has 0 heterocycles. The van der Waals surface area contributed by atoms with Gasteiger partial charge >= 0.3 is 0 Å².